The first-order valence-corrected chi connectivity index (χ1v) is 8.40. The van der Waals surface area contributed by atoms with Crippen LogP contribution in [-0.4, -0.2) is 43.1 Å². The minimum atomic E-state index is -0.717. The number of rotatable bonds is 7. The van der Waals surface area contributed by atoms with Crippen LogP contribution in [0, 0.1) is 0 Å². The van der Waals surface area contributed by atoms with Crippen LogP contribution in [0.4, 0.5) is 0 Å². The lowest BCUT2D eigenvalue weighted by Gasteiger charge is -2.21. The van der Waals surface area contributed by atoms with Crippen LogP contribution in [-0.2, 0) is 17.3 Å². The molecule has 1 aromatic carbocycles. The summed E-state index contributed by atoms with van der Waals surface area (Å²) in [6.07, 6.45) is 2.64. The summed E-state index contributed by atoms with van der Waals surface area (Å²) in [4.78, 5) is 0. The van der Waals surface area contributed by atoms with Crippen LogP contribution in [0.3, 0.4) is 0 Å². The van der Waals surface area contributed by atoms with Gasteiger partial charge in [-0.3, -0.25) is 4.21 Å². The zero-order valence-electron chi connectivity index (χ0n) is 11.9. The number of fused-ring (bicyclic) bond motifs is 1. The summed E-state index contributed by atoms with van der Waals surface area (Å²) < 4.78 is 27.5. The van der Waals surface area contributed by atoms with Crippen molar-refractivity contribution < 1.29 is 18.4 Å². The van der Waals surface area contributed by atoms with Crippen molar-refractivity contribution in [2.24, 2.45) is 0 Å². The molecule has 1 atom stereocenters. The van der Waals surface area contributed by atoms with E-state index in [0.717, 1.165) is 36.6 Å². The van der Waals surface area contributed by atoms with Crippen LogP contribution in [0.2, 0.25) is 0 Å². The third-order valence-corrected chi connectivity index (χ3v) is 3.87. The molecule has 0 radical (unpaired) electrons. The zero-order chi connectivity index (χ0) is 14.4. The van der Waals surface area contributed by atoms with Crippen molar-refractivity contribution in [3.8, 4) is 17.2 Å². The van der Waals surface area contributed by atoms with E-state index in [-0.39, 0.29) is 0 Å². The molecule has 5 nitrogen and oxygen atoms in total. The Bertz CT molecular complexity index is 461. The Kier molecular flexibility index (Phi) is 5.67. The van der Waals surface area contributed by atoms with E-state index in [1.165, 1.54) is 0 Å². The predicted molar refractivity (Wildman–Crippen MR) is 79.2 cm³/mol. The Morgan fingerprint density at radius 3 is 2.90 bits per heavy atom. The molecule has 1 aliphatic heterocycles. The monoisotopic (exact) mass is 299 g/mol. The summed E-state index contributed by atoms with van der Waals surface area (Å²) >= 11 is 0. The quantitative estimate of drug-likeness (QED) is 0.770. The molecule has 0 aliphatic carbocycles. The van der Waals surface area contributed by atoms with Gasteiger partial charge in [0.05, 0.1) is 7.11 Å². The van der Waals surface area contributed by atoms with Gasteiger partial charge < -0.3 is 19.5 Å². The zero-order valence-corrected chi connectivity index (χ0v) is 12.8. The second kappa shape index (κ2) is 7.50. The molecule has 1 unspecified atom stereocenters. The molecule has 0 saturated heterocycles. The van der Waals surface area contributed by atoms with Crippen molar-refractivity contribution in [2.45, 2.75) is 13.0 Å². The predicted octanol–water partition coefficient (Wildman–Crippen LogP) is 1.32. The van der Waals surface area contributed by atoms with Crippen molar-refractivity contribution in [1.82, 2.24) is 5.32 Å². The lowest BCUT2D eigenvalue weighted by Crippen LogP contribution is -2.18. The van der Waals surface area contributed by atoms with E-state index in [2.05, 4.69) is 5.32 Å². The maximum absolute atomic E-state index is 11.0. The maximum Gasteiger partial charge on any atom is 0.203 e. The van der Waals surface area contributed by atoms with Crippen molar-refractivity contribution in [1.29, 1.82) is 0 Å². The molecule has 0 bridgehead atoms. The van der Waals surface area contributed by atoms with Crippen molar-refractivity contribution in [2.75, 3.05) is 38.9 Å². The van der Waals surface area contributed by atoms with Gasteiger partial charge in [-0.05, 0) is 30.7 Å². The molecule has 0 spiro atoms. The standard InChI is InChI=1S/C14H21NO4S/c1-17-12-8-11(10-15-4-3-7-20(2)16)9-13-14(12)19-6-5-18-13/h8-9,15H,3-7,10H2,1-2H3. The summed E-state index contributed by atoms with van der Waals surface area (Å²) in [6.45, 7) is 2.68. The molecule has 1 N–H and O–H groups in total. The molecule has 2 rings (SSSR count). The minimum absolute atomic E-state index is 0.551. The number of nitrogens with one attached hydrogen (secondary N) is 1. The summed E-state index contributed by atoms with van der Waals surface area (Å²) in [5.41, 5.74) is 1.09. The van der Waals surface area contributed by atoms with Gasteiger partial charge in [0.2, 0.25) is 5.75 Å². The highest BCUT2D eigenvalue weighted by atomic mass is 32.2. The maximum atomic E-state index is 11.0. The summed E-state index contributed by atoms with van der Waals surface area (Å²) in [7, 11) is 0.909. The number of ether oxygens (including phenoxy) is 3. The highest BCUT2D eigenvalue weighted by molar-refractivity contribution is 7.84. The molecular formula is C14H21NO4S. The molecule has 0 saturated carbocycles. The number of methoxy groups -OCH3 is 1. The Hall–Kier alpha value is -1.27. The van der Waals surface area contributed by atoms with Crippen LogP contribution in [0.15, 0.2) is 12.1 Å². The van der Waals surface area contributed by atoms with E-state index < -0.39 is 10.8 Å². The molecule has 1 heterocycles. The fourth-order valence-electron chi connectivity index (χ4n) is 2.06. The van der Waals surface area contributed by atoms with Crippen LogP contribution in [0.5, 0.6) is 17.2 Å². The van der Waals surface area contributed by atoms with E-state index in [1.54, 1.807) is 13.4 Å². The normalized spacial score (nSPS) is 14.9. The average molecular weight is 299 g/mol. The summed E-state index contributed by atoms with van der Waals surface area (Å²) in [5, 5.41) is 3.33. The Labute approximate surface area is 122 Å². The van der Waals surface area contributed by atoms with E-state index in [4.69, 9.17) is 14.2 Å². The van der Waals surface area contributed by atoms with Gasteiger partial charge in [0.25, 0.3) is 0 Å². The minimum Gasteiger partial charge on any atom is -0.493 e. The van der Waals surface area contributed by atoms with Gasteiger partial charge in [-0.25, -0.2) is 0 Å². The van der Waals surface area contributed by atoms with Crippen molar-refractivity contribution in [3.63, 3.8) is 0 Å². The van der Waals surface area contributed by atoms with E-state index in [0.29, 0.717) is 24.7 Å². The Morgan fingerprint density at radius 2 is 2.15 bits per heavy atom. The lowest BCUT2D eigenvalue weighted by atomic mass is 10.1. The second-order valence-corrected chi connectivity index (χ2v) is 6.18. The molecule has 0 amide bonds. The van der Waals surface area contributed by atoms with Gasteiger partial charge in [0.1, 0.15) is 13.2 Å². The first-order valence-electron chi connectivity index (χ1n) is 6.68. The lowest BCUT2D eigenvalue weighted by molar-refractivity contribution is 0.165. The largest absolute Gasteiger partial charge is 0.493 e. The fraction of sp³-hybridized carbons (Fsp3) is 0.571. The first-order chi connectivity index (χ1) is 9.70. The van der Waals surface area contributed by atoms with Crippen LogP contribution >= 0.6 is 0 Å². The third-order valence-electron chi connectivity index (χ3n) is 3.00. The van der Waals surface area contributed by atoms with Gasteiger partial charge in [-0.15, -0.1) is 0 Å². The van der Waals surface area contributed by atoms with Gasteiger partial charge in [0, 0.05) is 29.4 Å². The fourth-order valence-corrected chi connectivity index (χ4v) is 2.61. The topological polar surface area (TPSA) is 56.8 Å². The second-order valence-electron chi connectivity index (χ2n) is 4.63. The van der Waals surface area contributed by atoms with Gasteiger partial charge in [0.15, 0.2) is 11.5 Å². The molecule has 0 fully saturated rings. The molecule has 20 heavy (non-hydrogen) atoms. The van der Waals surface area contributed by atoms with Gasteiger partial charge in [-0.2, -0.15) is 0 Å². The molecule has 1 aromatic rings. The van der Waals surface area contributed by atoms with Crippen LogP contribution < -0.4 is 19.5 Å². The number of hydrogen-bond acceptors (Lipinski definition) is 5. The molecule has 0 aromatic heterocycles. The summed E-state index contributed by atoms with van der Waals surface area (Å²) in [5.74, 6) is 2.86. The number of benzene rings is 1. The van der Waals surface area contributed by atoms with Crippen molar-refractivity contribution in [3.05, 3.63) is 17.7 Å². The Morgan fingerprint density at radius 1 is 1.35 bits per heavy atom. The molecule has 1 aliphatic rings. The van der Waals surface area contributed by atoms with Crippen molar-refractivity contribution >= 4 is 10.8 Å². The highest BCUT2D eigenvalue weighted by Crippen LogP contribution is 2.40. The van der Waals surface area contributed by atoms with Crippen LogP contribution in [0.25, 0.3) is 0 Å². The molecular weight excluding hydrogens is 278 g/mol. The molecule has 112 valence electrons. The van der Waals surface area contributed by atoms with Gasteiger partial charge >= 0.3 is 0 Å². The third kappa shape index (κ3) is 4.11. The summed E-state index contributed by atoms with van der Waals surface area (Å²) in [6, 6.07) is 3.93. The first kappa shape index (κ1) is 15.1. The highest BCUT2D eigenvalue weighted by Gasteiger charge is 2.18. The van der Waals surface area contributed by atoms with Crippen LogP contribution in [0.1, 0.15) is 12.0 Å². The Balaban J connectivity index is 1.93. The molecule has 6 heteroatoms. The van der Waals surface area contributed by atoms with E-state index in [9.17, 15) is 4.21 Å². The van der Waals surface area contributed by atoms with Gasteiger partial charge in [-0.1, -0.05) is 0 Å². The average Bonchev–Trinajstić information content (AvgIpc) is 2.45. The van der Waals surface area contributed by atoms with E-state index >= 15 is 0 Å². The number of hydrogen-bond donors (Lipinski definition) is 1. The SMILES string of the molecule is COc1cc(CNCCCS(C)=O)cc2c1OCCO2. The smallest absolute Gasteiger partial charge is 0.203 e. The van der Waals surface area contributed by atoms with E-state index in [1.807, 2.05) is 12.1 Å².